The van der Waals surface area contributed by atoms with E-state index in [1.54, 1.807) is 10.7 Å². The highest BCUT2D eigenvalue weighted by molar-refractivity contribution is 6.36. The number of unbranched alkanes of at least 4 members (excludes halogenated alkanes) is 1. The number of carbonyl (C=O) groups excluding carboxylic acids is 1. The van der Waals surface area contributed by atoms with Crippen molar-refractivity contribution in [2.24, 2.45) is 5.92 Å². The summed E-state index contributed by atoms with van der Waals surface area (Å²) in [7, 11) is 6.09. The van der Waals surface area contributed by atoms with Crippen molar-refractivity contribution < 1.29 is 4.79 Å². The number of halogens is 1. The van der Waals surface area contributed by atoms with E-state index in [2.05, 4.69) is 32.8 Å². The summed E-state index contributed by atoms with van der Waals surface area (Å²) in [5.74, 6) is 0.995. The van der Waals surface area contributed by atoms with Crippen LogP contribution < -0.4 is 16.1 Å². The highest BCUT2D eigenvalue weighted by Gasteiger charge is 2.26. The summed E-state index contributed by atoms with van der Waals surface area (Å²) in [6.07, 6.45) is 5.05. The molecule has 1 aliphatic rings. The van der Waals surface area contributed by atoms with Crippen LogP contribution in [0.25, 0.3) is 16.9 Å². The Morgan fingerprint density at radius 1 is 1.06 bits per heavy atom. The molecule has 8 heteroatoms. The van der Waals surface area contributed by atoms with Crippen molar-refractivity contribution in [3.05, 3.63) is 76.9 Å². The van der Waals surface area contributed by atoms with Gasteiger partial charge in [-0.3, -0.25) is 4.79 Å². The molecule has 4 aromatic rings. The molecule has 0 saturated heterocycles. The predicted molar refractivity (Wildman–Crippen MR) is 137 cm³/mol. The van der Waals surface area contributed by atoms with Crippen molar-refractivity contribution in [2.75, 3.05) is 18.4 Å². The lowest BCUT2D eigenvalue weighted by Crippen LogP contribution is -2.32. The van der Waals surface area contributed by atoms with E-state index in [0.717, 1.165) is 49.3 Å². The zero-order chi connectivity index (χ0) is 23.5. The predicted octanol–water partition coefficient (Wildman–Crippen LogP) is 3.57. The Labute approximate surface area is 205 Å². The maximum atomic E-state index is 12.5. The number of rotatable bonds is 8. The first-order valence-electron chi connectivity index (χ1n) is 11.6. The molecular weight excluding hydrogens is 445 g/mol. The van der Waals surface area contributed by atoms with Gasteiger partial charge in [0.1, 0.15) is 13.7 Å². The van der Waals surface area contributed by atoms with Crippen LogP contribution in [0.5, 0.6) is 0 Å². The summed E-state index contributed by atoms with van der Waals surface area (Å²) in [6.45, 7) is 1.39. The number of amides is 1. The zero-order valence-corrected chi connectivity index (χ0v) is 19.6. The molecule has 0 bridgehead atoms. The molecule has 0 saturated carbocycles. The molecular formula is C26H25BClN5O. The number of carbonyl (C=O) groups is 1. The maximum absolute atomic E-state index is 12.5. The second-order valence-electron chi connectivity index (χ2n) is 8.64. The van der Waals surface area contributed by atoms with Crippen LogP contribution in [0.1, 0.15) is 24.0 Å². The minimum atomic E-state index is 0.0501. The summed E-state index contributed by atoms with van der Waals surface area (Å²) < 4.78 is 1.70. The Balaban J connectivity index is 1.15. The first-order valence-corrected chi connectivity index (χ1v) is 12.0. The van der Waals surface area contributed by atoms with Gasteiger partial charge in [0.25, 0.3) is 0 Å². The topological polar surface area (TPSA) is 71.3 Å². The van der Waals surface area contributed by atoms with E-state index in [4.69, 9.17) is 19.4 Å². The van der Waals surface area contributed by atoms with Crippen LogP contribution in [0.15, 0.2) is 60.8 Å². The molecule has 2 aromatic carbocycles. The van der Waals surface area contributed by atoms with E-state index in [0.29, 0.717) is 22.7 Å². The standard InChI is InChI=1S/C26H25BClN5O/c27-21-16-31-33-24(15-23(32-25(21)33)20-9-3-4-10-22(20)28)29-11-5-6-12-30-26(34)19-13-17-7-1-2-8-18(17)14-19/h1-4,7-10,15-16,19,29H,5-6,11-14H2,(H,30,34). The normalized spacial score (nSPS) is 13.2. The third-order valence-electron chi connectivity index (χ3n) is 6.28. The Kier molecular flexibility index (Phi) is 6.54. The molecule has 2 heterocycles. The highest BCUT2D eigenvalue weighted by atomic mass is 35.5. The van der Waals surface area contributed by atoms with Gasteiger partial charge in [0.2, 0.25) is 5.91 Å². The molecule has 2 N–H and O–H groups in total. The average molecular weight is 470 g/mol. The van der Waals surface area contributed by atoms with Gasteiger partial charge in [-0.15, -0.1) is 0 Å². The maximum Gasteiger partial charge on any atom is 0.223 e. The largest absolute Gasteiger partial charge is 0.370 e. The van der Waals surface area contributed by atoms with Crippen LogP contribution in [-0.4, -0.2) is 41.4 Å². The molecule has 6 nitrogen and oxygen atoms in total. The van der Waals surface area contributed by atoms with Crippen molar-refractivity contribution in [3.63, 3.8) is 0 Å². The number of benzene rings is 2. The summed E-state index contributed by atoms with van der Waals surface area (Å²) in [5.41, 5.74) is 5.26. The molecule has 1 aliphatic carbocycles. The molecule has 0 unspecified atom stereocenters. The van der Waals surface area contributed by atoms with Crippen molar-refractivity contribution in [3.8, 4) is 11.3 Å². The quantitative estimate of drug-likeness (QED) is 0.306. The van der Waals surface area contributed by atoms with Gasteiger partial charge in [-0.1, -0.05) is 54.1 Å². The van der Waals surface area contributed by atoms with Crippen LogP contribution >= 0.6 is 11.6 Å². The van der Waals surface area contributed by atoms with Crippen molar-refractivity contribution >= 4 is 42.3 Å². The number of nitrogens with zero attached hydrogens (tertiary/aromatic N) is 3. The van der Waals surface area contributed by atoms with E-state index in [-0.39, 0.29) is 11.8 Å². The molecule has 34 heavy (non-hydrogen) atoms. The SMILES string of the molecule is [B]c1cnn2c(NCCCCNC(=O)C3Cc4ccccc4C3)cc(-c3ccccc3Cl)nc12. The Morgan fingerprint density at radius 2 is 1.76 bits per heavy atom. The van der Waals surface area contributed by atoms with Gasteiger partial charge in [0.05, 0.1) is 5.69 Å². The molecule has 2 radical (unpaired) electrons. The van der Waals surface area contributed by atoms with Crippen molar-refractivity contribution in [1.82, 2.24) is 19.9 Å². The lowest BCUT2D eigenvalue weighted by molar-refractivity contribution is -0.124. The van der Waals surface area contributed by atoms with Crippen molar-refractivity contribution in [1.29, 1.82) is 0 Å². The van der Waals surface area contributed by atoms with E-state index >= 15 is 0 Å². The minimum absolute atomic E-state index is 0.0501. The monoisotopic (exact) mass is 469 g/mol. The third kappa shape index (κ3) is 4.66. The second kappa shape index (κ2) is 9.89. The molecule has 2 aromatic heterocycles. The zero-order valence-electron chi connectivity index (χ0n) is 18.8. The van der Waals surface area contributed by atoms with E-state index in [1.807, 2.05) is 42.5 Å². The smallest absolute Gasteiger partial charge is 0.223 e. The Bertz CT molecular complexity index is 1310. The van der Waals surface area contributed by atoms with Crippen molar-refractivity contribution in [2.45, 2.75) is 25.7 Å². The van der Waals surface area contributed by atoms with Gasteiger partial charge in [0, 0.05) is 41.9 Å². The van der Waals surface area contributed by atoms with Gasteiger partial charge in [-0.25, -0.2) is 4.98 Å². The first-order chi connectivity index (χ1) is 16.6. The lowest BCUT2D eigenvalue weighted by atomic mass is 10.0. The van der Waals surface area contributed by atoms with Gasteiger partial charge in [0.15, 0.2) is 5.65 Å². The molecule has 0 atom stereocenters. The van der Waals surface area contributed by atoms with Gasteiger partial charge in [-0.05, 0) is 48.3 Å². The van der Waals surface area contributed by atoms with Gasteiger partial charge < -0.3 is 10.6 Å². The van der Waals surface area contributed by atoms with Crippen LogP contribution in [0.3, 0.4) is 0 Å². The molecule has 170 valence electrons. The summed E-state index contributed by atoms with van der Waals surface area (Å²) >= 11 is 6.39. The second-order valence-corrected chi connectivity index (χ2v) is 9.05. The third-order valence-corrected chi connectivity index (χ3v) is 6.61. The van der Waals surface area contributed by atoms with Crippen LogP contribution in [-0.2, 0) is 17.6 Å². The minimum Gasteiger partial charge on any atom is -0.370 e. The Morgan fingerprint density at radius 3 is 2.53 bits per heavy atom. The average Bonchev–Trinajstić information content (AvgIpc) is 3.45. The first kappa shape index (κ1) is 22.5. The van der Waals surface area contributed by atoms with E-state index in [1.165, 1.54) is 11.1 Å². The number of fused-ring (bicyclic) bond motifs is 2. The number of anilines is 1. The highest BCUT2D eigenvalue weighted by Crippen LogP contribution is 2.28. The molecule has 5 rings (SSSR count). The summed E-state index contributed by atoms with van der Waals surface area (Å²) in [4.78, 5) is 17.2. The number of aromatic nitrogens is 3. The van der Waals surface area contributed by atoms with Crippen LogP contribution in [0, 0.1) is 5.92 Å². The van der Waals surface area contributed by atoms with E-state index in [9.17, 15) is 4.79 Å². The molecule has 0 fully saturated rings. The number of hydrogen-bond donors (Lipinski definition) is 2. The summed E-state index contributed by atoms with van der Waals surface area (Å²) in [6, 6.07) is 17.8. The van der Waals surface area contributed by atoms with Crippen LogP contribution in [0.2, 0.25) is 5.02 Å². The fourth-order valence-electron chi connectivity index (χ4n) is 4.48. The lowest BCUT2D eigenvalue weighted by Gasteiger charge is -2.13. The molecule has 0 spiro atoms. The number of nitrogens with one attached hydrogen (secondary N) is 2. The van der Waals surface area contributed by atoms with Gasteiger partial charge >= 0.3 is 0 Å². The fourth-order valence-corrected chi connectivity index (χ4v) is 4.71. The number of hydrogen-bond acceptors (Lipinski definition) is 4. The summed E-state index contributed by atoms with van der Waals surface area (Å²) in [5, 5.41) is 11.5. The fraction of sp³-hybridized carbons (Fsp3) is 0.269. The Hall–Kier alpha value is -3.32. The van der Waals surface area contributed by atoms with Gasteiger partial charge in [-0.2, -0.15) is 9.61 Å². The van der Waals surface area contributed by atoms with Crippen LogP contribution in [0.4, 0.5) is 5.82 Å². The molecule has 0 aliphatic heterocycles. The van der Waals surface area contributed by atoms with E-state index < -0.39 is 0 Å². The molecule has 1 amide bonds.